The van der Waals surface area contributed by atoms with Gasteiger partial charge in [-0.15, -0.1) is 0 Å². The average molecular weight is 282 g/mol. The molecule has 0 bridgehead atoms. The molecule has 1 heterocycles. The van der Waals surface area contributed by atoms with Gasteiger partial charge in [-0.1, -0.05) is 24.6 Å². The molecule has 0 unspecified atom stereocenters. The first-order chi connectivity index (χ1) is 9.20. The largest absolute Gasteiger partial charge is 0.334 e. The van der Waals surface area contributed by atoms with Crippen LogP contribution in [-0.4, -0.2) is 9.55 Å². The number of halogens is 2. The van der Waals surface area contributed by atoms with Gasteiger partial charge < -0.3 is 9.88 Å². The van der Waals surface area contributed by atoms with Crippen LogP contribution in [0.15, 0.2) is 30.6 Å². The standard InChI is InChI=1S/C14H17ClFN3/c1-2-6-19-7-5-18-14(19)10-17-9-11-3-4-13(16)12(15)8-11/h3-5,7-8,17H,2,6,9-10H2,1H3. The second-order valence-electron chi connectivity index (χ2n) is 4.39. The summed E-state index contributed by atoms with van der Waals surface area (Å²) in [7, 11) is 0. The van der Waals surface area contributed by atoms with E-state index in [9.17, 15) is 4.39 Å². The topological polar surface area (TPSA) is 29.9 Å². The summed E-state index contributed by atoms with van der Waals surface area (Å²) in [6.45, 7) is 4.43. The molecule has 0 aliphatic heterocycles. The highest BCUT2D eigenvalue weighted by molar-refractivity contribution is 6.30. The van der Waals surface area contributed by atoms with Crippen LogP contribution in [0, 0.1) is 5.82 Å². The summed E-state index contributed by atoms with van der Waals surface area (Å²) in [4.78, 5) is 4.31. The number of nitrogens with zero attached hydrogens (tertiary/aromatic N) is 2. The fourth-order valence-corrected chi connectivity index (χ4v) is 2.12. The quantitative estimate of drug-likeness (QED) is 0.880. The average Bonchev–Trinajstić information content (AvgIpc) is 2.82. The van der Waals surface area contributed by atoms with Crippen molar-refractivity contribution in [2.24, 2.45) is 0 Å². The predicted octanol–water partition coefficient (Wildman–Crippen LogP) is 3.38. The third-order valence-electron chi connectivity index (χ3n) is 2.86. The Kier molecular flexibility index (Phi) is 4.93. The van der Waals surface area contributed by atoms with E-state index in [0.717, 1.165) is 24.4 Å². The van der Waals surface area contributed by atoms with Gasteiger partial charge in [-0.2, -0.15) is 0 Å². The second kappa shape index (κ2) is 6.68. The number of aromatic nitrogens is 2. The van der Waals surface area contributed by atoms with Crippen molar-refractivity contribution in [2.75, 3.05) is 0 Å². The molecular formula is C14H17ClFN3. The van der Waals surface area contributed by atoms with E-state index in [-0.39, 0.29) is 10.8 Å². The molecule has 19 heavy (non-hydrogen) atoms. The van der Waals surface area contributed by atoms with E-state index in [1.807, 2.05) is 6.20 Å². The fourth-order valence-electron chi connectivity index (χ4n) is 1.92. The molecule has 5 heteroatoms. The molecule has 2 rings (SSSR count). The van der Waals surface area contributed by atoms with E-state index in [1.165, 1.54) is 6.07 Å². The van der Waals surface area contributed by atoms with E-state index in [4.69, 9.17) is 11.6 Å². The lowest BCUT2D eigenvalue weighted by Crippen LogP contribution is -2.16. The van der Waals surface area contributed by atoms with Crippen molar-refractivity contribution in [1.82, 2.24) is 14.9 Å². The number of rotatable bonds is 6. The normalized spacial score (nSPS) is 10.9. The van der Waals surface area contributed by atoms with Gasteiger partial charge in [-0.25, -0.2) is 9.37 Å². The lowest BCUT2D eigenvalue weighted by Gasteiger charge is -2.08. The second-order valence-corrected chi connectivity index (χ2v) is 4.80. The Hall–Kier alpha value is -1.39. The van der Waals surface area contributed by atoms with Gasteiger partial charge in [0.05, 0.1) is 11.6 Å². The van der Waals surface area contributed by atoms with Crippen molar-refractivity contribution < 1.29 is 4.39 Å². The minimum Gasteiger partial charge on any atom is -0.334 e. The van der Waals surface area contributed by atoms with Crippen LogP contribution >= 0.6 is 11.6 Å². The van der Waals surface area contributed by atoms with Gasteiger partial charge in [0.25, 0.3) is 0 Å². The van der Waals surface area contributed by atoms with Gasteiger partial charge in [0.1, 0.15) is 11.6 Å². The molecule has 0 saturated heterocycles. The Bertz CT molecular complexity index is 539. The van der Waals surface area contributed by atoms with Gasteiger partial charge >= 0.3 is 0 Å². The number of imidazole rings is 1. The predicted molar refractivity (Wildman–Crippen MR) is 74.5 cm³/mol. The summed E-state index contributed by atoms with van der Waals surface area (Å²) >= 11 is 5.74. The summed E-state index contributed by atoms with van der Waals surface area (Å²) in [5.41, 5.74) is 0.958. The summed E-state index contributed by atoms with van der Waals surface area (Å²) in [6, 6.07) is 4.76. The van der Waals surface area contributed by atoms with Crippen LogP contribution in [0.4, 0.5) is 4.39 Å². The van der Waals surface area contributed by atoms with Gasteiger partial charge in [0.2, 0.25) is 0 Å². The molecule has 0 saturated carbocycles. The Balaban J connectivity index is 1.89. The van der Waals surface area contributed by atoms with Crippen LogP contribution in [0.3, 0.4) is 0 Å². The van der Waals surface area contributed by atoms with Crippen LogP contribution in [0.2, 0.25) is 5.02 Å². The Morgan fingerprint density at radius 3 is 2.95 bits per heavy atom. The van der Waals surface area contributed by atoms with Gasteiger partial charge in [0.15, 0.2) is 0 Å². The number of hydrogen-bond donors (Lipinski definition) is 1. The summed E-state index contributed by atoms with van der Waals surface area (Å²) in [5.74, 6) is 0.624. The lowest BCUT2D eigenvalue weighted by atomic mass is 10.2. The maximum Gasteiger partial charge on any atom is 0.141 e. The van der Waals surface area contributed by atoms with Crippen molar-refractivity contribution in [3.63, 3.8) is 0 Å². The molecule has 3 nitrogen and oxygen atoms in total. The zero-order valence-electron chi connectivity index (χ0n) is 10.9. The highest BCUT2D eigenvalue weighted by Crippen LogP contribution is 2.15. The smallest absolute Gasteiger partial charge is 0.141 e. The Labute approximate surface area is 117 Å². The minimum atomic E-state index is -0.385. The number of benzene rings is 1. The van der Waals surface area contributed by atoms with E-state index >= 15 is 0 Å². The third-order valence-corrected chi connectivity index (χ3v) is 3.15. The number of hydrogen-bond acceptors (Lipinski definition) is 2. The van der Waals surface area contributed by atoms with Crippen molar-refractivity contribution in [2.45, 2.75) is 33.0 Å². The van der Waals surface area contributed by atoms with Gasteiger partial charge in [0, 0.05) is 25.5 Å². The van der Waals surface area contributed by atoms with Crippen LogP contribution < -0.4 is 5.32 Å². The molecule has 1 aromatic carbocycles. The highest BCUT2D eigenvalue weighted by atomic mass is 35.5. The molecule has 0 amide bonds. The van der Waals surface area contributed by atoms with Crippen molar-refractivity contribution in [3.8, 4) is 0 Å². The molecule has 0 atom stereocenters. The lowest BCUT2D eigenvalue weighted by molar-refractivity contribution is 0.587. The Morgan fingerprint density at radius 2 is 2.21 bits per heavy atom. The third kappa shape index (κ3) is 3.78. The maximum absolute atomic E-state index is 13.0. The molecule has 1 aromatic heterocycles. The van der Waals surface area contributed by atoms with E-state index in [1.54, 1.807) is 18.3 Å². The number of nitrogens with one attached hydrogen (secondary N) is 1. The Morgan fingerprint density at radius 1 is 1.37 bits per heavy atom. The molecule has 102 valence electrons. The molecule has 0 fully saturated rings. The van der Waals surface area contributed by atoms with E-state index in [0.29, 0.717) is 13.1 Å². The maximum atomic E-state index is 13.0. The molecule has 0 spiro atoms. The highest BCUT2D eigenvalue weighted by Gasteiger charge is 2.03. The van der Waals surface area contributed by atoms with Gasteiger partial charge in [-0.3, -0.25) is 0 Å². The van der Waals surface area contributed by atoms with Crippen LogP contribution in [0.25, 0.3) is 0 Å². The van der Waals surface area contributed by atoms with Crippen LogP contribution in [0.5, 0.6) is 0 Å². The molecule has 2 aromatic rings. The SMILES string of the molecule is CCCn1ccnc1CNCc1ccc(F)c(Cl)c1. The molecule has 0 aliphatic carbocycles. The summed E-state index contributed by atoms with van der Waals surface area (Å²) in [6.07, 6.45) is 4.87. The van der Waals surface area contributed by atoms with Crippen LogP contribution in [0.1, 0.15) is 24.7 Å². The van der Waals surface area contributed by atoms with Crippen molar-refractivity contribution >= 4 is 11.6 Å². The zero-order valence-corrected chi connectivity index (χ0v) is 11.6. The first kappa shape index (κ1) is 14.0. The monoisotopic (exact) mass is 281 g/mol. The van der Waals surface area contributed by atoms with Gasteiger partial charge in [-0.05, 0) is 24.1 Å². The number of aryl methyl sites for hydroxylation is 1. The van der Waals surface area contributed by atoms with Crippen LogP contribution in [-0.2, 0) is 19.6 Å². The molecule has 1 N–H and O–H groups in total. The fraction of sp³-hybridized carbons (Fsp3) is 0.357. The molecule has 0 aliphatic rings. The first-order valence-electron chi connectivity index (χ1n) is 6.35. The molecular weight excluding hydrogens is 265 g/mol. The van der Waals surface area contributed by atoms with Crippen molar-refractivity contribution in [3.05, 3.63) is 52.8 Å². The van der Waals surface area contributed by atoms with E-state index in [2.05, 4.69) is 21.8 Å². The summed E-state index contributed by atoms with van der Waals surface area (Å²) in [5, 5.41) is 3.44. The zero-order chi connectivity index (χ0) is 13.7. The van der Waals surface area contributed by atoms with E-state index < -0.39 is 0 Å². The first-order valence-corrected chi connectivity index (χ1v) is 6.73. The summed E-state index contributed by atoms with van der Waals surface area (Å²) < 4.78 is 15.1. The minimum absolute atomic E-state index is 0.159. The van der Waals surface area contributed by atoms with Crippen molar-refractivity contribution in [1.29, 1.82) is 0 Å². The molecule has 0 radical (unpaired) electrons.